The first-order valence-electron chi connectivity index (χ1n) is 4.57. The van der Waals surface area contributed by atoms with Crippen molar-refractivity contribution in [2.45, 2.75) is 25.2 Å². The second kappa shape index (κ2) is 5.71. The van der Waals surface area contributed by atoms with E-state index in [4.69, 9.17) is 0 Å². The van der Waals surface area contributed by atoms with Gasteiger partial charge in [-0.05, 0) is 46.2 Å². The smallest absolute Gasteiger partial charge is 0.0311 e. The van der Waals surface area contributed by atoms with E-state index in [-0.39, 0.29) is 0 Å². The van der Waals surface area contributed by atoms with Gasteiger partial charge < -0.3 is 0 Å². The molecule has 0 bridgehead atoms. The van der Waals surface area contributed by atoms with Gasteiger partial charge >= 0.3 is 0 Å². The van der Waals surface area contributed by atoms with Gasteiger partial charge in [0.1, 0.15) is 0 Å². The standard InChI is InChI=1S/C11H15BrS/c1-9(2)7-8-13-11-6-4-3-5-10(11)12/h3-6,9H,7-8H2,1-2H3. The average molecular weight is 259 g/mol. The SMILES string of the molecule is CC(C)CCSc1ccccc1Br. The van der Waals surface area contributed by atoms with Crippen LogP contribution in [0.3, 0.4) is 0 Å². The first kappa shape index (κ1) is 11.1. The molecule has 0 atom stereocenters. The van der Waals surface area contributed by atoms with E-state index in [2.05, 4.69) is 54.0 Å². The molecule has 0 saturated heterocycles. The molecule has 0 N–H and O–H groups in total. The van der Waals surface area contributed by atoms with Gasteiger partial charge in [0.25, 0.3) is 0 Å². The Balaban J connectivity index is 2.41. The largest absolute Gasteiger partial charge is 0.125 e. The van der Waals surface area contributed by atoms with E-state index in [0.29, 0.717) is 0 Å². The van der Waals surface area contributed by atoms with Gasteiger partial charge in [0, 0.05) is 9.37 Å². The van der Waals surface area contributed by atoms with Crippen molar-refractivity contribution in [1.29, 1.82) is 0 Å². The molecule has 0 aromatic heterocycles. The predicted octanol–water partition coefficient (Wildman–Crippen LogP) is 4.59. The highest BCUT2D eigenvalue weighted by atomic mass is 79.9. The molecule has 0 aliphatic rings. The van der Waals surface area contributed by atoms with Gasteiger partial charge in [-0.15, -0.1) is 11.8 Å². The van der Waals surface area contributed by atoms with E-state index in [0.717, 1.165) is 5.92 Å². The number of thioether (sulfide) groups is 1. The molecule has 0 aliphatic heterocycles. The Kier molecular flexibility index (Phi) is 4.89. The van der Waals surface area contributed by atoms with Crippen molar-refractivity contribution in [2.75, 3.05) is 5.75 Å². The summed E-state index contributed by atoms with van der Waals surface area (Å²) in [5.74, 6) is 2.01. The summed E-state index contributed by atoms with van der Waals surface area (Å²) in [4.78, 5) is 1.35. The first-order chi connectivity index (χ1) is 6.20. The molecule has 0 spiro atoms. The van der Waals surface area contributed by atoms with Gasteiger partial charge in [-0.1, -0.05) is 26.0 Å². The van der Waals surface area contributed by atoms with Crippen LogP contribution in [-0.4, -0.2) is 5.75 Å². The predicted molar refractivity (Wildman–Crippen MR) is 64.3 cm³/mol. The summed E-state index contributed by atoms with van der Waals surface area (Å²) in [7, 11) is 0. The topological polar surface area (TPSA) is 0 Å². The number of hydrogen-bond donors (Lipinski definition) is 0. The molecule has 0 amide bonds. The molecule has 0 radical (unpaired) electrons. The second-order valence-electron chi connectivity index (χ2n) is 3.46. The van der Waals surface area contributed by atoms with Crippen molar-refractivity contribution in [3.8, 4) is 0 Å². The molecule has 1 aromatic rings. The Morgan fingerprint density at radius 1 is 1.31 bits per heavy atom. The first-order valence-corrected chi connectivity index (χ1v) is 6.35. The lowest BCUT2D eigenvalue weighted by molar-refractivity contribution is 0.632. The zero-order chi connectivity index (χ0) is 9.68. The Labute approximate surface area is 93.2 Å². The van der Waals surface area contributed by atoms with Crippen LogP contribution in [0.2, 0.25) is 0 Å². The fraction of sp³-hybridized carbons (Fsp3) is 0.455. The second-order valence-corrected chi connectivity index (χ2v) is 5.45. The zero-order valence-electron chi connectivity index (χ0n) is 8.09. The highest BCUT2D eigenvalue weighted by Gasteiger charge is 1.99. The lowest BCUT2D eigenvalue weighted by atomic mass is 10.2. The highest BCUT2D eigenvalue weighted by molar-refractivity contribution is 9.10. The van der Waals surface area contributed by atoms with Crippen molar-refractivity contribution in [3.63, 3.8) is 0 Å². The Morgan fingerprint density at radius 3 is 2.62 bits per heavy atom. The van der Waals surface area contributed by atoms with Crippen LogP contribution in [0.4, 0.5) is 0 Å². The number of rotatable bonds is 4. The highest BCUT2D eigenvalue weighted by Crippen LogP contribution is 2.27. The summed E-state index contributed by atoms with van der Waals surface area (Å²) in [5.41, 5.74) is 0. The number of halogens is 1. The Bertz CT molecular complexity index is 258. The summed E-state index contributed by atoms with van der Waals surface area (Å²) in [6.07, 6.45) is 1.28. The molecule has 0 fully saturated rings. The van der Waals surface area contributed by atoms with Gasteiger partial charge in [-0.3, -0.25) is 0 Å². The minimum absolute atomic E-state index is 0.801. The molecule has 72 valence electrons. The van der Waals surface area contributed by atoms with E-state index >= 15 is 0 Å². The zero-order valence-corrected chi connectivity index (χ0v) is 10.5. The Morgan fingerprint density at radius 2 is 2.00 bits per heavy atom. The van der Waals surface area contributed by atoms with E-state index in [1.165, 1.54) is 21.5 Å². The normalized spacial score (nSPS) is 10.8. The van der Waals surface area contributed by atoms with Crippen molar-refractivity contribution >= 4 is 27.7 Å². The summed E-state index contributed by atoms with van der Waals surface area (Å²) in [6.45, 7) is 4.53. The molecule has 1 rings (SSSR count). The lowest BCUT2D eigenvalue weighted by Gasteiger charge is -2.05. The van der Waals surface area contributed by atoms with Crippen LogP contribution in [0, 0.1) is 5.92 Å². The summed E-state index contributed by atoms with van der Waals surface area (Å²) >= 11 is 5.47. The molecule has 0 saturated carbocycles. The molecule has 0 nitrogen and oxygen atoms in total. The van der Waals surface area contributed by atoms with Gasteiger partial charge in [0.2, 0.25) is 0 Å². The average Bonchev–Trinajstić information content (AvgIpc) is 2.08. The lowest BCUT2D eigenvalue weighted by Crippen LogP contribution is -1.89. The molecule has 0 aliphatic carbocycles. The van der Waals surface area contributed by atoms with Crippen molar-refractivity contribution in [1.82, 2.24) is 0 Å². The quantitative estimate of drug-likeness (QED) is 0.713. The molecular formula is C11H15BrS. The molecule has 1 aromatic carbocycles. The van der Waals surface area contributed by atoms with Crippen LogP contribution in [0.1, 0.15) is 20.3 Å². The van der Waals surface area contributed by atoms with Crippen molar-refractivity contribution in [2.24, 2.45) is 5.92 Å². The molecule has 0 heterocycles. The van der Waals surface area contributed by atoms with Gasteiger partial charge in [0.15, 0.2) is 0 Å². The molecular weight excluding hydrogens is 244 g/mol. The van der Waals surface area contributed by atoms with Gasteiger partial charge in [-0.25, -0.2) is 0 Å². The van der Waals surface area contributed by atoms with E-state index in [9.17, 15) is 0 Å². The van der Waals surface area contributed by atoms with Crippen LogP contribution < -0.4 is 0 Å². The van der Waals surface area contributed by atoms with Crippen LogP contribution >= 0.6 is 27.7 Å². The minimum Gasteiger partial charge on any atom is -0.125 e. The summed E-state index contributed by atoms with van der Waals surface area (Å²) < 4.78 is 1.21. The minimum atomic E-state index is 0.801. The maximum atomic E-state index is 3.54. The summed E-state index contributed by atoms with van der Waals surface area (Å²) in [6, 6.07) is 8.39. The van der Waals surface area contributed by atoms with Gasteiger partial charge in [0.05, 0.1) is 0 Å². The number of benzene rings is 1. The fourth-order valence-corrected chi connectivity index (χ4v) is 2.78. The van der Waals surface area contributed by atoms with Crippen LogP contribution in [-0.2, 0) is 0 Å². The molecule has 0 unspecified atom stereocenters. The molecule has 2 heteroatoms. The van der Waals surface area contributed by atoms with E-state index in [1.807, 2.05) is 11.8 Å². The monoisotopic (exact) mass is 258 g/mol. The van der Waals surface area contributed by atoms with Crippen LogP contribution in [0.25, 0.3) is 0 Å². The third-order valence-corrected chi connectivity index (χ3v) is 3.85. The maximum Gasteiger partial charge on any atom is 0.0311 e. The maximum absolute atomic E-state index is 3.54. The third kappa shape index (κ3) is 4.19. The van der Waals surface area contributed by atoms with Gasteiger partial charge in [-0.2, -0.15) is 0 Å². The number of hydrogen-bond acceptors (Lipinski definition) is 1. The third-order valence-electron chi connectivity index (χ3n) is 1.79. The van der Waals surface area contributed by atoms with E-state index in [1.54, 1.807) is 0 Å². The Hall–Kier alpha value is 0.0500. The van der Waals surface area contributed by atoms with Crippen LogP contribution in [0.15, 0.2) is 33.6 Å². The van der Waals surface area contributed by atoms with E-state index < -0.39 is 0 Å². The molecule has 13 heavy (non-hydrogen) atoms. The van der Waals surface area contributed by atoms with Crippen molar-refractivity contribution < 1.29 is 0 Å². The fourth-order valence-electron chi connectivity index (χ4n) is 0.966. The summed E-state index contributed by atoms with van der Waals surface area (Å²) in [5, 5.41) is 0. The van der Waals surface area contributed by atoms with Crippen LogP contribution in [0.5, 0.6) is 0 Å². The van der Waals surface area contributed by atoms with Crippen molar-refractivity contribution in [3.05, 3.63) is 28.7 Å².